The van der Waals surface area contributed by atoms with E-state index < -0.39 is 5.79 Å². The van der Waals surface area contributed by atoms with E-state index in [4.69, 9.17) is 23.7 Å². The van der Waals surface area contributed by atoms with Gasteiger partial charge in [0.25, 0.3) is 0 Å². The number of methoxy groups -OCH3 is 1. The fraction of sp³-hybridized carbons (Fsp3) is 0.683. The molecule has 2 heterocycles. The molecule has 47 heavy (non-hydrogen) atoms. The van der Waals surface area contributed by atoms with Gasteiger partial charge >= 0.3 is 5.97 Å². The number of ether oxygens (including phenoxy) is 5. The van der Waals surface area contributed by atoms with Gasteiger partial charge in [0.15, 0.2) is 5.79 Å². The van der Waals surface area contributed by atoms with Gasteiger partial charge in [0.1, 0.15) is 6.10 Å². The predicted octanol–water partition coefficient (Wildman–Crippen LogP) is 10.3. The van der Waals surface area contributed by atoms with E-state index in [0.29, 0.717) is 19.6 Å². The van der Waals surface area contributed by atoms with Crippen molar-refractivity contribution < 1.29 is 28.5 Å². The van der Waals surface area contributed by atoms with Crippen LogP contribution in [0, 0.1) is 0 Å². The van der Waals surface area contributed by atoms with E-state index in [9.17, 15) is 4.79 Å². The molecular weight excluding hydrogens is 588 g/mol. The minimum Gasteiger partial charge on any atom is -0.469 e. The van der Waals surface area contributed by atoms with Crippen LogP contribution in [-0.2, 0) is 41.7 Å². The number of unbranched alkanes of at least 4 members (excludes halogenated alkanes) is 13. The number of esters is 1. The van der Waals surface area contributed by atoms with E-state index in [1.54, 1.807) is 0 Å². The summed E-state index contributed by atoms with van der Waals surface area (Å²) in [5.41, 5.74) is 2.44. The van der Waals surface area contributed by atoms with Crippen LogP contribution in [0.1, 0.15) is 140 Å². The molecule has 0 saturated carbocycles. The van der Waals surface area contributed by atoms with Crippen LogP contribution in [0.5, 0.6) is 0 Å². The van der Waals surface area contributed by atoms with E-state index in [1.165, 1.54) is 82.4 Å². The van der Waals surface area contributed by atoms with Gasteiger partial charge in [-0.1, -0.05) is 138 Å². The lowest BCUT2D eigenvalue weighted by Gasteiger charge is -2.35. The minimum atomic E-state index is -0.419. The molecule has 0 unspecified atom stereocenters. The Hall–Kier alpha value is -2.25. The molecule has 2 bridgehead atoms. The number of carbonyl (C=O) groups excluding carboxylic acids is 1. The van der Waals surface area contributed by atoms with Crippen molar-refractivity contribution in [3.63, 3.8) is 0 Å². The van der Waals surface area contributed by atoms with Crippen molar-refractivity contribution in [1.29, 1.82) is 0 Å². The van der Waals surface area contributed by atoms with Crippen LogP contribution in [0.3, 0.4) is 0 Å². The normalized spacial score (nSPS) is 22.0. The Balaban J connectivity index is 1.09. The van der Waals surface area contributed by atoms with Crippen LogP contribution in [0.15, 0.2) is 60.7 Å². The lowest BCUT2D eigenvalue weighted by atomic mass is 9.94. The molecule has 4 atom stereocenters. The molecule has 2 aliphatic rings. The average molecular weight is 651 g/mol. The molecule has 2 aromatic rings. The largest absolute Gasteiger partial charge is 0.469 e. The highest BCUT2D eigenvalue weighted by Crippen LogP contribution is 2.45. The number of hydrogen-bond donors (Lipinski definition) is 0. The van der Waals surface area contributed by atoms with Gasteiger partial charge in [-0.05, 0) is 43.2 Å². The maximum absolute atomic E-state index is 11.2. The molecule has 0 radical (unpaired) electrons. The van der Waals surface area contributed by atoms with E-state index in [-0.39, 0.29) is 24.3 Å². The molecule has 262 valence electrons. The molecule has 0 aliphatic carbocycles. The summed E-state index contributed by atoms with van der Waals surface area (Å²) in [6, 6.07) is 20.9. The van der Waals surface area contributed by atoms with Crippen molar-refractivity contribution in [1.82, 2.24) is 0 Å². The summed E-state index contributed by atoms with van der Waals surface area (Å²) in [5.74, 6) is -0.502. The van der Waals surface area contributed by atoms with Gasteiger partial charge in [-0.3, -0.25) is 4.79 Å². The maximum atomic E-state index is 11.2. The summed E-state index contributed by atoms with van der Waals surface area (Å²) in [5, 5.41) is 0. The molecule has 0 N–H and O–H groups in total. The van der Waals surface area contributed by atoms with E-state index in [0.717, 1.165) is 64.4 Å². The Bertz CT molecular complexity index is 1080. The zero-order valence-corrected chi connectivity index (χ0v) is 29.2. The predicted molar refractivity (Wildman–Crippen MR) is 188 cm³/mol. The van der Waals surface area contributed by atoms with E-state index >= 15 is 0 Å². The number of hydrogen-bond acceptors (Lipinski definition) is 6. The first kappa shape index (κ1) is 37.6. The summed E-state index contributed by atoms with van der Waals surface area (Å²) in [7, 11) is 1.47. The van der Waals surface area contributed by atoms with Gasteiger partial charge in [-0.2, -0.15) is 0 Å². The van der Waals surface area contributed by atoms with E-state index in [1.807, 2.05) is 6.07 Å². The second-order valence-electron chi connectivity index (χ2n) is 13.7. The monoisotopic (exact) mass is 650 g/mol. The third-order valence-corrected chi connectivity index (χ3v) is 9.87. The fourth-order valence-electron chi connectivity index (χ4n) is 7.10. The summed E-state index contributed by atoms with van der Waals surface area (Å²) < 4.78 is 30.7. The molecule has 2 fully saturated rings. The van der Waals surface area contributed by atoms with Crippen LogP contribution in [0.25, 0.3) is 0 Å². The Kier molecular flexibility index (Phi) is 17.9. The molecule has 2 aliphatic heterocycles. The highest BCUT2D eigenvalue weighted by molar-refractivity contribution is 5.68. The molecule has 4 rings (SSSR count). The first-order chi connectivity index (χ1) is 23.2. The molecule has 2 saturated heterocycles. The van der Waals surface area contributed by atoms with Crippen molar-refractivity contribution in [3.05, 3.63) is 71.8 Å². The Morgan fingerprint density at radius 3 is 1.91 bits per heavy atom. The lowest BCUT2D eigenvalue weighted by molar-refractivity contribution is -0.221. The van der Waals surface area contributed by atoms with Gasteiger partial charge in [-0.25, -0.2) is 0 Å². The highest BCUT2D eigenvalue weighted by Gasteiger charge is 2.53. The molecule has 0 aromatic heterocycles. The first-order valence-corrected chi connectivity index (χ1v) is 18.9. The highest BCUT2D eigenvalue weighted by atomic mass is 16.8. The molecular formula is C41H62O6. The summed E-state index contributed by atoms with van der Waals surface area (Å²) >= 11 is 0. The SMILES string of the molecule is COC(=O)CCCCCCCCCCCCCC[C@]12CC[C@H](OCc3ccccc3)[C@H](O1)[C@H](CCCCCOCc1ccccc1)O2. The lowest BCUT2D eigenvalue weighted by Crippen LogP contribution is -2.43. The Morgan fingerprint density at radius 2 is 1.28 bits per heavy atom. The summed E-state index contributed by atoms with van der Waals surface area (Å²) in [6.07, 6.45) is 23.0. The van der Waals surface area contributed by atoms with Crippen molar-refractivity contribution in [2.45, 2.75) is 166 Å². The van der Waals surface area contributed by atoms with Crippen molar-refractivity contribution in [2.24, 2.45) is 0 Å². The topological polar surface area (TPSA) is 63.2 Å². The number of rotatable bonds is 26. The smallest absolute Gasteiger partial charge is 0.305 e. The van der Waals surface area contributed by atoms with Crippen LogP contribution < -0.4 is 0 Å². The molecule has 0 spiro atoms. The van der Waals surface area contributed by atoms with E-state index in [2.05, 4.69) is 54.6 Å². The molecule has 6 heteroatoms. The quantitative estimate of drug-likeness (QED) is 0.0746. The van der Waals surface area contributed by atoms with Gasteiger partial charge in [0.05, 0.1) is 32.5 Å². The van der Waals surface area contributed by atoms with Crippen LogP contribution in [-0.4, -0.2) is 43.8 Å². The van der Waals surface area contributed by atoms with Crippen molar-refractivity contribution >= 4 is 5.97 Å². The molecule has 0 amide bonds. The van der Waals surface area contributed by atoms with Crippen LogP contribution >= 0.6 is 0 Å². The fourth-order valence-corrected chi connectivity index (χ4v) is 7.10. The zero-order chi connectivity index (χ0) is 32.8. The summed E-state index contributed by atoms with van der Waals surface area (Å²) in [4.78, 5) is 11.2. The van der Waals surface area contributed by atoms with Crippen molar-refractivity contribution in [2.75, 3.05) is 13.7 Å². The third-order valence-electron chi connectivity index (χ3n) is 9.87. The second kappa shape index (κ2) is 22.4. The molecule has 2 aromatic carbocycles. The van der Waals surface area contributed by atoms with Crippen LogP contribution in [0.4, 0.5) is 0 Å². The van der Waals surface area contributed by atoms with Crippen LogP contribution in [0.2, 0.25) is 0 Å². The van der Waals surface area contributed by atoms with Crippen molar-refractivity contribution in [3.8, 4) is 0 Å². The zero-order valence-electron chi connectivity index (χ0n) is 29.2. The third kappa shape index (κ3) is 14.4. The average Bonchev–Trinajstić information content (AvgIpc) is 3.40. The number of benzene rings is 2. The number of fused-ring (bicyclic) bond motifs is 2. The minimum absolute atomic E-state index is 0.0228. The first-order valence-electron chi connectivity index (χ1n) is 18.9. The van der Waals surface area contributed by atoms with Gasteiger partial charge in [0.2, 0.25) is 0 Å². The number of carbonyl (C=O) groups is 1. The maximum Gasteiger partial charge on any atom is 0.305 e. The Morgan fingerprint density at radius 1 is 0.702 bits per heavy atom. The van der Waals surface area contributed by atoms with Gasteiger partial charge < -0.3 is 23.7 Å². The second-order valence-corrected chi connectivity index (χ2v) is 13.7. The van der Waals surface area contributed by atoms with Gasteiger partial charge in [-0.15, -0.1) is 0 Å². The standard InChI is InChI=1S/C41H62O6/c1-43-39(42)28-20-10-8-6-4-2-3-5-7-9-11-21-30-41-31-29-37(45-34-36-25-17-13-18-26-36)40(47-41)38(46-41)27-19-14-22-32-44-33-35-23-15-12-16-24-35/h12-13,15-18,23-26,37-38,40H,2-11,14,19-22,27-34H2,1H3/t37-,38-,40-,41+/m0/s1. The Labute approximate surface area is 285 Å². The summed E-state index contributed by atoms with van der Waals surface area (Å²) in [6.45, 7) is 2.11. The molecule has 6 nitrogen and oxygen atoms in total. The van der Waals surface area contributed by atoms with Gasteiger partial charge in [0, 0.05) is 25.9 Å².